The van der Waals surface area contributed by atoms with Gasteiger partial charge in [0.05, 0.1) is 11.6 Å². The van der Waals surface area contributed by atoms with Crippen molar-refractivity contribution in [3.05, 3.63) is 47.7 Å². The zero-order valence-corrected chi connectivity index (χ0v) is 12.5. The number of halogens is 1. The Morgan fingerprint density at radius 3 is 2.67 bits per heavy atom. The molecule has 0 aromatic carbocycles. The van der Waals surface area contributed by atoms with Crippen LogP contribution in [0.4, 0.5) is 5.82 Å². The Hall–Kier alpha value is -1.81. The third kappa shape index (κ3) is 3.85. The minimum Gasteiger partial charge on any atom is -0.477 e. The zero-order chi connectivity index (χ0) is 14.5. The van der Waals surface area contributed by atoms with Gasteiger partial charge in [-0.05, 0) is 37.0 Å². The van der Waals surface area contributed by atoms with E-state index in [1.54, 1.807) is 12.4 Å². The molecule has 110 valence electrons. The summed E-state index contributed by atoms with van der Waals surface area (Å²) in [5, 5.41) is 0.678. The summed E-state index contributed by atoms with van der Waals surface area (Å²) < 4.78 is 5.74. The van der Waals surface area contributed by atoms with Crippen LogP contribution in [0.25, 0.3) is 0 Å². The monoisotopic (exact) mass is 303 g/mol. The van der Waals surface area contributed by atoms with Gasteiger partial charge in [-0.25, -0.2) is 9.97 Å². The standard InChI is InChI=1S/C16H18ClN3O/c17-14-4-5-15(19-11-14)20-9-6-13(7-10-20)12-21-16-3-1-2-8-18-16/h1-5,8,11,13H,6-7,9-10,12H2. The second-order valence-electron chi connectivity index (χ2n) is 5.24. The van der Waals surface area contributed by atoms with Crippen molar-refractivity contribution in [2.24, 2.45) is 5.92 Å². The molecule has 3 heterocycles. The van der Waals surface area contributed by atoms with Gasteiger partial charge in [0.25, 0.3) is 0 Å². The summed E-state index contributed by atoms with van der Waals surface area (Å²) in [5.74, 6) is 2.29. The maximum atomic E-state index is 5.87. The molecule has 0 amide bonds. The lowest BCUT2D eigenvalue weighted by Crippen LogP contribution is -2.36. The van der Waals surface area contributed by atoms with E-state index in [2.05, 4.69) is 14.9 Å². The lowest BCUT2D eigenvalue weighted by molar-refractivity contribution is 0.216. The van der Waals surface area contributed by atoms with Gasteiger partial charge in [-0.2, -0.15) is 0 Å². The summed E-state index contributed by atoms with van der Waals surface area (Å²) in [6.07, 6.45) is 5.67. The Morgan fingerprint density at radius 2 is 2.00 bits per heavy atom. The van der Waals surface area contributed by atoms with Gasteiger partial charge in [0.15, 0.2) is 0 Å². The summed E-state index contributed by atoms with van der Waals surface area (Å²) in [6.45, 7) is 2.74. The van der Waals surface area contributed by atoms with Gasteiger partial charge in [-0.1, -0.05) is 17.7 Å². The average molecular weight is 304 g/mol. The maximum Gasteiger partial charge on any atom is 0.213 e. The number of hydrogen-bond donors (Lipinski definition) is 0. The Kier molecular flexibility index (Phi) is 4.55. The molecule has 0 atom stereocenters. The van der Waals surface area contributed by atoms with Crippen molar-refractivity contribution < 1.29 is 4.74 Å². The van der Waals surface area contributed by atoms with E-state index in [-0.39, 0.29) is 0 Å². The fraction of sp³-hybridized carbons (Fsp3) is 0.375. The van der Waals surface area contributed by atoms with Gasteiger partial charge in [-0.15, -0.1) is 0 Å². The van der Waals surface area contributed by atoms with Crippen LogP contribution in [0.5, 0.6) is 5.88 Å². The Morgan fingerprint density at radius 1 is 1.14 bits per heavy atom. The second-order valence-corrected chi connectivity index (χ2v) is 5.68. The first kappa shape index (κ1) is 14.1. The van der Waals surface area contributed by atoms with Crippen LogP contribution in [-0.4, -0.2) is 29.7 Å². The third-order valence-corrected chi connectivity index (χ3v) is 3.98. The molecule has 5 heteroatoms. The number of nitrogens with zero attached hydrogens (tertiary/aromatic N) is 3. The van der Waals surface area contributed by atoms with E-state index < -0.39 is 0 Å². The van der Waals surface area contributed by atoms with Gasteiger partial charge in [0, 0.05) is 31.5 Å². The van der Waals surface area contributed by atoms with Crippen LogP contribution in [0.2, 0.25) is 5.02 Å². The molecule has 0 saturated carbocycles. The van der Waals surface area contributed by atoms with E-state index >= 15 is 0 Å². The Labute approximate surface area is 129 Å². The van der Waals surface area contributed by atoms with E-state index in [4.69, 9.17) is 16.3 Å². The van der Waals surface area contributed by atoms with E-state index in [1.807, 2.05) is 30.3 Å². The number of piperidine rings is 1. The molecule has 21 heavy (non-hydrogen) atoms. The average Bonchev–Trinajstić information content (AvgIpc) is 2.55. The molecule has 4 nitrogen and oxygen atoms in total. The van der Waals surface area contributed by atoms with Crippen molar-refractivity contribution in [1.82, 2.24) is 9.97 Å². The van der Waals surface area contributed by atoms with Crippen molar-refractivity contribution in [2.45, 2.75) is 12.8 Å². The van der Waals surface area contributed by atoms with Crippen LogP contribution in [0, 0.1) is 5.92 Å². The van der Waals surface area contributed by atoms with Crippen molar-refractivity contribution in [2.75, 3.05) is 24.6 Å². The highest BCUT2D eigenvalue weighted by molar-refractivity contribution is 6.30. The van der Waals surface area contributed by atoms with Crippen molar-refractivity contribution >= 4 is 17.4 Å². The zero-order valence-electron chi connectivity index (χ0n) is 11.8. The predicted molar refractivity (Wildman–Crippen MR) is 83.9 cm³/mol. The van der Waals surface area contributed by atoms with E-state index in [0.717, 1.165) is 38.4 Å². The Balaban J connectivity index is 1.48. The predicted octanol–water partition coefficient (Wildman–Crippen LogP) is 3.43. The van der Waals surface area contributed by atoms with Gasteiger partial charge >= 0.3 is 0 Å². The maximum absolute atomic E-state index is 5.87. The smallest absolute Gasteiger partial charge is 0.213 e. The van der Waals surface area contributed by atoms with Crippen LogP contribution in [-0.2, 0) is 0 Å². The van der Waals surface area contributed by atoms with Crippen LogP contribution < -0.4 is 9.64 Å². The molecule has 0 aliphatic carbocycles. The second kappa shape index (κ2) is 6.76. The van der Waals surface area contributed by atoms with Crippen molar-refractivity contribution in [1.29, 1.82) is 0 Å². The van der Waals surface area contributed by atoms with E-state index in [9.17, 15) is 0 Å². The molecule has 1 aliphatic heterocycles. The molecule has 0 spiro atoms. The van der Waals surface area contributed by atoms with Gasteiger partial charge in [-0.3, -0.25) is 0 Å². The van der Waals surface area contributed by atoms with Gasteiger partial charge < -0.3 is 9.64 Å². The van der Waals surface area contributed by atoms with E-state index in [0.29, 0.717) is 16.8 Å². The molecule has 0 bridgehead atoms. The largest absolute Gasteiger partial charge is 0.477 e. The summed E-state index contributed by atoms with van der Waals surface area (Å²) in [6, 6.07) is 9.60. The third-order valence-electron chi connectivity index (χ3n) is 3.75. The van der Waals surface area contributed by atoms with Crippen molar-refractivity contribution in [3.8, 4) is 5.88 Å². The fourth-order valence-corrected chi connectivity index (χ4v) is 2.63. The molecular formula is C16H18ClN3O. The van der Waals surface area contributed by atoms with Crippen molar-refractivity contribution in [3.63, 3.8) is 0 Å². The first-order valence-corrected chi connectivity index (χ1v) is 7.59. The van der Waals surface area contributed by atoms with Gasteiger partial charge in [0.1, 0.15) is 5.82 Å². The molecule has 0 N–H and O–H groups in total. The number of hydrogen-bond acceptors (Lipinski definition) is 4. The fourth-order valence-electron chi connectivity index (χ4n) is 2.52. The number of rotatable bonds is 4. The first-order chi connectivity index (χ1) is 10.3. The topological polar surface area (TPSA) is 38.2 Å². The molecule has 2 aromatic heterocycles. The highest BCUT2D eigenvalue weighted by Gasteiger charge is 2.20. The quantitative estimate of drug-likeness (QED) is 0.867. The highest BCUT2D eigenvalue weighted by atomic mass is 35.5. The SMILES string of the molecule is Clc1ccc(N2CCC(COc3ccccn3)CC2)nc1. The molecule has 1 saturated heterocycles. The van der Waals surface area contributed by atoms with Crippen LogP contribution >= 0.6 is 11.6 Å². The first-order valence-electron chi connectivity index (χ1n) is 7.21. The number of pyridine rings is 2. The van der Waals surface area contributed by atoms with Crippen LogP contribution in [0.1, 0.15) is 12.8 Å². The van der Waals surface area contributed by atoms with Crippen LogP contribution in [0.15, 0.2) is 42.7 Å². The normalized spacial score (nSPS) is 16.0. The summed E-state index contributed by atoms with van der Waals surface area (Å²) >= 11 is 5.87. The number of ether oxygens (including phenoxy) is 1. The highest BCUT2D eigenvalue weighted by Crippen LogP contribution is 2.23. The Bertz CT molecular complexity index is 553. The molecule has 2 aromatic rings. The summed E-state index contributed by atoms with van der Waals surface area (Å²) in [5.41, 5.74) is 0. The molecule has 1 aliphatic rings. The van der Waals surface area contributed by atoms with Gasteiger partial charge in [0.2, 0.25) is 5.88 Å². The number of aromatic nitrogens is 2. The molecular weight excluding hydrogens is 286 g/mol. The minimum atomic E-state index is 0.579. The van der Waals surface area contributed by atoms with Crippen LogP contribution in [0.3, 0.4) is 0 Å². The molecule has 1 fully saturated rings. The molecule has 0 radical (unpaired) electrons. The lowest BCUT2D eigenvalue weighted by Gasteiger charge is -2.32. The summed E-state index contributed by atoms with van der Waals surface area (Å²) in [4.78, 5) is 10.9. The summed E-state index contributed by atoms with van der Waals surface area (Å²) in [7, 11) is 0. The molecule has 3 rings (SSSR count). The minimum absolute atomic E-state index is 0.579. The van der Waals surface area contributed by atoms with E-state index in [1.165, 1.54) is 0 Å². The molecule has 0 unspecified atom stereocenters. The number of anilines is 1. The lowest BCUT2D eigenvalue weighted by atomic mass is 9.98.